The fourth-order valence-electron chi connectivity index (χ4n) is 0.283. The highest BCUT2D eigenvalue weighted by Gasteiger charge is 1.58. The van der Waals surface area contributed by atoms with Crippen molar-refractivity contribution in [1.29, 1.82) is 0 Å². The summed E-state index contributed by atoms with van der Waals surface area (Å²) in [6, 6.07) is 0. The second-order valence-electron chi connectivity index (χ2n) is 1.23. The van der Waals surface area contributed by atoms with Crippen LogP contribution in [0.3, 0.4) is 0 Å². The Bertz CT molecular complexity index is 144. The summed E-state index contributed by atoms with van der Waals surface area (Å²) >= 11 is 0. The molecule has 0 radical (unpaired) electrons. The summed E-state index contributed by atoms with van der Waals surface area (Å²) in [7, 11) is 0. The van der Waals surface area contributed by atoms with Crippen LogP contribution in [0.15, 0.2) is 36.6 Å². The van der Waals surface area contributed by atoms with E-state index in [0.29, 0.717) is 12.5 Å². The van der Waals surface area contributed by atoms with E-state index in [0.717, 1.165) is 0 Å². The van der Waals surface area contributed by atoms with E-state index in [2.05, 4.69) is 0 Å². The summed E-state index contributed by atoms with van der Waals surface area (Å²) in [6.45, 7) is 0. The van der Waals surface area contributed by atoms with Crippen LogP contribution in [-0.4, -0.2) is 6.29 Å². The van der Waals surface area contributed by atoms with Gasteiger partial charge in [0.15, 0.2) is 0 Å². The van der Waals surface area contributed by atoms with Gasteiger partial charge < -0.3 is 5.11 Å². The van der Waals surface area contributed by atoms with Crippen LogP contribution in [0.5, 0.6) is 0 Å². The zero-order valence-corrected chi connectivity index (χ0v) is 4.86. The fraction of sp³-hybridized carbons (Fsp3) is 0.364. The Hall–Kier alpha value is -1.31. The van der Waals surface area contributed by atoms with Gasteiger partial charge in [0.2, 0.25) is 0 Å². The van der Waals surface area contributed by atoms with Gasteiger partial charge in [-0.15, -0.1) is 6.26 Å². The third-order valence-corrected chi connectivity index (χ3v) is 0.602. The molecule has 2 nitrogen and oxygen atoms in total. The van der Waals surface area contributed by atoms with Crippen LogP contribution in [0.1, 0.15) is 29.7 Å². The molecule has 0 aromatic carbocycles. The first-order chi connectivity index (χ1) is 4.41. The summed E-state index contributed by atoms with van der Waals surface area (Å²) in [5.74, 6) is 0. The van der Waals surface area contributed by atoms with Crippen molar-refractivity contribution in [2.24, 2.45) is 0 Å². The minimum Gasteiger partial charge on any atom is -0.878 e. The van der Waals surface area contributed by atoms with Gasteiger partial charge >= 0.3 is 0 Å². The van der Waals surface area contributed by atoms with Gasteiger partial charge in [0.05, 0.1) is 0 Å². The quantitative estimate of drug-likeness (QED) is 0.295. The van der Waals surface area contributed by atoms with E-state index in [9.17, 15) is 9.90 Å². The van der Waals surface area contributed by atoms with Crippen molar-refractivity contribution in [1.82, 2.24) is 0 Å². The maximum Gasteiger partial charge on any atom is 0.142 e. The van der Waals surface area contributed by atoms with Gasteiger partial charge in [0.25, 0.3) is 0 Å². The minimum atomic E-state index is 0. The maximum absolute atomic E-state index is 9.64. The van der Waals surface area contributed by atoms with E-state index >= 15 is 0 Å². The van der Waals surface area contributed by atoms with Gasteiger partial charge in [0.1, 0.15) is 6.29 Å². The van der Waals surface area contributed by atoms with E-state index in [4.69, 9.17) is 0 Å². The molecule has 0 saturated heterocycles. The molecule has 0 rings (SSSR count). The topological polar surface area (TPSA) is 40.1 Å². The molecule has 0 fully saturated rings. The summed E-state index contributed by atoms with van der Waals surface area (Å²) in [6.07, 6.45) is 8.73. The van der Waals surface area contributed by atoms with Gasteiger partial charge in [0, 0.05) is 0 Å². The Kier molecular flexibility index (Phi) is 71.2. The van der Waals surface area contributed by atoms with Crippen molar-refractivity contribution in [2.45, 2.75) is 29.7 Å². The lowest BCUT2D eigenvalue weighted by Crippen LogP contribution is -1.81. The van der Waals surface area contributed by atoms with Gasteiger partial charge in [-0.1, -0.05) is 54.0 Å². The molecule has 0 spiro atoms. The van der Waals surface area contributed by atoms with Crippen molar-refractivity contribution in [3.8, 4) is 0 Å². The summed E-state index contributed by atoms with van der Waals surface area (Å²) in [5, 5.41) is 9.64. The lowest BCUT2D eigenvalue weighted by Gasteiger charge is -1.80. The molecule has 0 unspecified atom stereocenters. The Morgan fingerprint density at radius 1 is 0.692 bits per heavy atom. The van der Waals surface area contributed by atoms with E-state index in [1.165, 1.54) is 12.2 Å². The zero-order valence-electron chi connectivity index (χ0n) is 4.86. The predicted octanol–water partition coefficient (Wildman–Crippen LogP) is 2.72. The molecule has 0 atom stereocenters. The highest BCUT2D eigenvalue weighted by Crippen LogP contribution is 1.75. The van der Waals surface area contributed by atoms with Crippen LogP contribution >= 0.6 is 0 Å². The van der Waals surface area contributed by atoms with Crippen LogP contribution in [0, 0.1) is 0 Å². The SMILES string of the molecule is C.C.C.C.O=CC=CC=C/C=C\[O-]. The molecular weight excluding hydrogens is 164 g/mol. The molecule has 0 N–H and O–H groups in total. The van der Waals surface area contributed by atoms with Crippen LogP contribution < -0.4 is 5.11 Å². The molecule has 0 aliphatic heterocycles. The van der Waals surface area contributed by atoms with Gasteiger partial charge in [-0.2, -0.15) is 0 Å². The number of carbonyl (C=O) groups excluding carboxylic acids is 1. The van der Waals surface area contributed by atoms with Crippen molar-refractivity contribution < 1.29 is 9.90 Å². The van der Waals surface area contributed by atoms with Crippen LogP contribution in [0.2, 0.25) is 0 Å². The average molecular weight is 187 g/mol. The first-order valence-electron chi connectivity index (χ1n) is 2.47. The number of allylic oxidation sites excluding steroid dienone is 5. The highest BCUT2D eigenvalue weighted by atomic mass is 16.2. The van der Waals surface area contributed by atoms with E-state index in [-0.39, 0.29) is 29.7 Å². The predicted molar refractivity (Wildman–Crippen MR) is 60.4 cm³/mol. The second kappa shape index (κ2) is 31.0. The first-order valence-corrected chi connectivity index (χ1v) is 2.47. The van der Waals surface area contributed by atoms with Gasteiger partial charge in [-0.05, 0) is 6.08 Å². The Morgan fingerprint density at radius 2 is 1.08 bits per heavy atom. The molecule has 2 heteroatoms. The third kappa shape index (κ3) is 36.7. The summed E-state index contributed by atoms with van der Waals surface area (Å²) in [4.78, 5) is 9.64. The standard InChI is InChI=1S/C7H8O2.4CH4/c8-6-4-2-1-3-5-7-9;;;;/h1-8H;4*1H4/p-1/b2-1?,5-3?,6-4-;;;;. The Balaban J connectivity index is -0.0000000533. The smallest absolute Gasteiger partial charge is 0.142 e. The number of carbonyl (C=O) groups is 1. The Labute approximate surface area is 83.3 Å². The molecule has 0 saturated carbocycles. The van der Waals surface area contributed by atoms with E-state index in [1.54, 1.807) is 18.2 Å². The average Bonchev–Trinajstić information content (AvgIpc) is 1.89. The van der Waals surface area contributed by atoms with E-state index < -0.39 is 0 Å². The maximum atomic E-state index is 9.64. The minimum absolute atomic E-state index is 0. The molecule has 0 bridgehead atoms. The number of aldehydes is 1. The van der Waals surface area contributed by atoms with E-state index in [1.807, 2.05) is 0 Å². The monoisotopic (exact) mass is 187 g/mol. The van der Waals surface area contributed by atoms with Crippen molar-refractivity contribution in [2.75, 3.05) is 0 Å². The second-order valence-corrected chi connectivity index (χ2v) is 1.23. The molecule has 0 aliphatic carbocycles. The molecule has 0 aromatic heterocycles. The van der Waals surface area contributed by atoms with Crippen LogP contribution in [-0.2, 0) is 4.79 Å². The fourth-order valence-corrected chi connectivity index (χ4v) is 0.283. The molecule has 13 heavy (non-hydrogen) atoms. The Morgan fingerprint density at radius 3 is 1.46 bits per heavy atom. The lowest BCUT2D eigenvalue weighted by atomic mass is 10.4. The molecule has 80 valence electrons. The van der Waals surface area contributed by atoms with Crippen molar-refractivity contribution >= 4 is 6.29 Å². The molecule has 0 heterocycles. The summed E-state index contributed by atoms with van der Waals surface area (Å²) < 4.78 is 0. The molecule has 0 aromatic rings. The molecule has 0 amide bonds. The van der Waals surface area contributed by atoms with Crippen molar-refractivity contribution in [3.05, 3.63) is 36.6 Å². The number of hydrogen-bond donors (Lipinski definition) is 0. The number of rotatable bonds is 3. The highest BCUT2D eigenvalue weighted by molar-refractivity contribution is 5.65. The van der Waals surface area contributed by atoms with Crippen molar-refractivity contribution in [3.63, 3.8) is 0 Å². The van der Waals surface area contributed by atoms with Gasteiger partial charge in [-0.25, -0.2) is 0 Å². The number of hydrogen-bond acceptors (Lipinski definition) is 2. The lowest BCUT2D eigenvalue weighted by molar-refractivity contribution is -0.274. The zero-order chi connectivity index (χ0) is 6.95. The van der Waals surface area contributed by atoms with Crippen LogP contribution in [0.4, 0.5) is 0 Å². The third-order valence-electron chi connectivity index (χ3n) is 0.602. The summed E-state index contributed by atoms with van der Waals surface area (Å²) in [5.41, 5.74) is 0. The first kappa shape index (κ1) is 29.8. The normalized spacial score (nSPS) is 8.31. The van der Waals surface area contributed by atoms with Gasteiger partial charge in [-0.3, -0.25) is 4.79 Å². The van der Waals surface area contributed by atoms with Crippen LogP contribution in [0.25, 0.3) is 0 Å². The molecular formula is C11H23O2-. The largest absolute Gasteiger partial charge is 0.878 e. The molecule has 0 aliphatic rings.